The van der Waals surface area contributed by atoms with Crippen molar-refractivity contribution >= 4 is 55.6 Å². The Hall–Kier alpha value is -6.44. The summed E-state index contributed by atoms with van der Waals surface area (Å²) in [6.45, 7) is -0.313. The van der Waals surface area contributed by atoms with Crippen LogP contribution in [0.3, 0.4) is 0 Å². The Morgan fingerprint density at radius 3 is 0.909 bits per heavy atom. The number of aromatic nitrogens is 2. The van der Waals surface area contributed by atoms with Gasteiger partial charge in [0, 0.05) is 35.4 Å². The second kappa shape index (κ2) is 13.0. The van der Waals surface area contributed by atoms with Crippen LogP contribution < -0.4 is 9.13 Å². The van der Waals surface area contributed by atoms with Crippen LogP contribution in [0, 0.1) is 30.6 Å². The molecule has 44 heavy (non-hydrogen) atoms. The first-order chi connectivity index (χ1) is 21.0. The molecular weight excluding hydrogens is 576 g/mol. The van der Waals surface area contributed by atoms with Gasteiger partial charge in [0.25, 0.3) is 0 Å². The van der Waals surface area contributed by atoms with Gasteiger partial charge in [-0.2, -0.15) is 9.13 Å². The van der Waals surface area contributed by atoms with Crippen molar-refractivity contribution in [2.45, 2.75) is 13.1 Å². The van der Waals surface area contributed by atoms with Gasteiger partial charge in [-0.05, 0) is 24.3 Å². The van der Waals surface area contributed by atoms with E-state index in [0.29, 0.717) is 0 Å². The summed E-state index contributed by atoms with van der Waals surface area (Å²) >= 11 is 0. The molecule has 2 heterocycles. The van der Waals surface area contributed by atoms with Gasteiger partial charge in [-0.1, -0.05) is 48.5 Å². The summed E-state index contributed by atoms with van der Waals surface area (Å²) in [5, 5.41) is 52.6. The first-order valence-corrected chi connectivity index (χ1v) is 12.7. The van der Waals surface area contributed by atoms with E-state index in [1.54, 1.807) is 0 Å². The Kier molecular flexibility index (Phi) is 9.04. The van der Waals surface area contributed by atoms with E-state index >= 15 is 0 Å². The van der Waals surface area contributed by atoms with Gasteiger partial charge in [0.1, 0.15) is 0 Å². The third-order valence-electron chi connectivity index (χ3n) is 6.69. The Labute approximate surface area is 246 Å². The van der Waals surface area contributed by atoms with Crippen molar-refractivity contribution in [3.05, 3.63) is 128 Å². The summed E-state index contributed by atoms with van der Waals surface area (Å²) in [6.07, 6.45) is 0. The third-order valence-corrected chi connectivity index (χ3v) is 6.69. The third kappa shape index (κ3) is 6.38. The van der Waals surface area contributed by atoms with Gasteiger partial charge in [-0.25, -0.2) is 9.59 Å². The van der Waals surface area contributed by atoms with Gasteiger partial charge in [-0.15, -0.1) is 0 Å². The predicted octanol–water partition coefficient (Wildman–Crippen LogP) is 4.23. The Morgan fingerprint density at radius 1 is 0.500 bits per heavy atom. The van der Waals surface area contributed by atoms with Crippen LogP contribution in [0.1, 0.15) is 0 Å². The highest BCUT2D eigenvalue weighted by Crippen LogP contribution is 2.41. The molecule has 2 aromatic heterocycles. The number of para-hydroxylation sites is 4. The van der Waals surface area contributed by atoms with E-state index in [2.05, 4.69) is 0 Å². The first-order valence-electron chi connectivity index (χ1n) is 12.7. The molecule has 0 spiro atoms. The lowest BCUT2D eigenvalue weighted by Crippen LogP contribution is -2.40. The highest BCUT2D eigenvalue weighted by atomic mass is 16.9. The molecule has 0 amide bonds. The molecule has 0 aliphatic rings. The zero-order valence-corrected chi connectivity index (χ0v) is 22.6. The Balaban J connectivity index is 0.000000496. The summed E-state index contributed by atoms with van der Waals surface area (Å²) in [5.74, 6) is -1.82. The summed E-state index contributed by atoms with van der Waals surface area (Å²) in [6, 6.07) is 31.4. The summed E-state index contributed by atoms with van der Waals surface area (Å²) in [7, 11) is 0. The number of benzene rings is 4. The smallest absolute Gasteiger partial charge is 0.370 e. The number of aliphatic carboxylic acids is 2. The number of carbonyl (C=O) groups is 2. The van der Waals surface area contributed by atoms with E-state index in [1.165, 1.54) is 0 Å². The molecule has 14 heteroatoms. The molecule has 0 radical (unpaired) electrons. The molecule has 0 saturated carbocycles. The van der Waals surface area contributed by atoms with Crippen LogP contribution in [-0.4, -0.2) is 32.3 Å². The monoisotopic (exact) mass is 598 g/mol. The van der Waals surface area contributed by atoms with Crippen molar-refractivity contribution in [1.82, 2.24) is 0 Å². The van der Waals surface area contributed by atoms with E-state index in [-0.39, 0.29) is 13.1 Å². The van der Waals surface area contributed by atoms with Gasteiger partial charge in [0.05, 0.1) is 31.7 Å². The molecule has 0 bridgehead atoms. The normalized spacial score (nSPS) is 10.5. The quantitative estimate of drug-likeness (QED) is 0.125. The number of fused-ring (bicyclic) bond motifs is 4. The lowest BCUT2D eigenvalue weighted by atomic mass is 9.90. The van der Waals surface area contributed by atoms with E-state index in [1.807, 2.05) is 106 Å². The SMILES string of the molecule is O=C(O)C[n+]1c2ccccc2c(-c2c3ccccc3[n+](CC(=O)O)c3ccccc23)c2ccccc21.O=[N+]([O-])[O-].O=[N+]([O-])[O-]. The first kappa shape index (κ1) is 30.5. The van der Waals surface area contributed by atoms with E-state index in [9.17, 15) is 19.8 Å². The number of hydrogen-bond acceptors (Lipinski definition) is 8. The Bertz CT molecular complexity index is 1810. The standard InChI is InChI=1S/C30H20N2O4.2NO3/c33-27(34)17-31-23-13-5-1-9-19(23)29(20-10-2-6-14-24(20)31)30-21-11-3-7-15-25(21)32(18-28(35)36)26-16-8-4-12-22(26)30;2*2-1(3)4/h1-16H,17-18H2;;/q;2*-1/p+2. The second-order valence-corrected chi connectivity index (χ2v) is 9.23. The topological polar surface area (TPSA) is 215 Å². The van der Waals surface area contributed by atoms with E-state index < -0.39 is 22.1 Å². The summed E-state index contributed by atoms with van der Waals surface area (Å²) < 4.78 is 3.68. The molecule has 0 fully saturated rings. The Morgan fingerprint density at radius 2 is 0.705 bits per heavy atom. The van der Waals surface area contributed by atoms with Crippen LogP contribution in [0.4, 0.5) is 0 Å². The van der Waals surface area contributed by atoms with Gasteiger partial charge < -0.3 is 40.9 Å². The van der Waals surface area contributed by atoms with Crippen LogP contribution in [-0.2, 0) is 22.7 Å². The molecule has 6 rings (SSSR count). The molecule has 4 aromatic carbocycles. The number of rotatable bonds is 5. The lowest BCUT2D eigenvalue weighted by molar-refractivity contribution is -0.633. The number of hydrogen-bond donors (Lipinski definition) is 2. The molecule has 2 N–H and O–H groups in total. The lowest BCUT2D eigenvalue weighted by Gasteiger charge is -2.15. The minimum atomic E-state index is -1.75. The van der Waals surface area contributed by atoms with Crippen LogP contribution in [0.2, 0.25) is 0 Å². The summed E-state index contributed by atoms with van der Waals surface area (Å²) in [4.78, 5) is 40.1. The second-order valence-electron chi connectivity index (χ2n) is 9.23. The molecule has 0 unspecified atom stereocenters. The van der Waals surface area contributed by atoms with Crippen molar-refractivity contribution in [3.8, 4) is 11.1 Å². The van der Waals surface area contributed by atoms with E-state index in [0.717, 1.165) is 54.7 Å². The van der Waals surface area contributed by atoms with Gasteiger partial charge in [0.2, 0.25) is 35.2 Å². The van der Waals surface area contributed by atoms with E-state index in [4.69, 9.17) is 30.6 Å². The fourth-order valence-corrected chi connectivity index (χ4v) is 5.38. The molecule has 0 atom stereocenters. The molecule has 0 aliphatic heterocycles. The highest BCUT2D eigenvalue weighted by Gasteiger charge is 2.28. The maximum absolute atomic E-state index is 11.8. The van der Waals surface area contributed by atoms with Crippen molar-refractivity contribution < 1.29 is 39.1 Å². The minimum Gasteiger partial charge on any atom is -0.477 e. The molecule has 0 saturated heterocycles. The van der Waals surface area contributed by atoms with Crippen molar-refractivity contribution in [2.75, 3.05) is 0 Å². The van der Waals surface area contributed by atoms with Gasteiger partial charge in [-0.3, -0.25) is 0 Å². The van der Waals surface area contributed by atoms with Crippen molar-refractivity contribution in [1.29, 1.82) is 0 Å². The largest absolute Gasteiger partial charge is 0.477 e. The average molecular weight is 599 g/mol. The van der Waals surface area contributed by atoms with Crippen molar-refractivity contribution in [3.63, 3.8) is 0 Å². The zero-order chi connectivity index (χ0) is 32.0. The number of nitrogens with zero attached hydrogens (tertiary/aromatic N) is 4. The molecular formula is C30H22N4O10. The maximum atomic E-state index is 11.8. The van der Waals surface area contributed by atoms with Crippen LogP contribution in [0.25, 0.3) is 54.7 Å². The predicted molar refractivity (Wildman–Crippen MR) is 158 cm³/mol. The molecule has 6 aromatic rings. The number of carboxylic acids is 2. The fourth-order valence-electron chi connectivity index (χ4n) is 5.38. The number of carboxylic acid groups (broad SMARTS) is 2. The molecule has 14 nitrogen and oxygen atoms in total. The zero-order valence-electron chi connectivity index (χ0n) is 22.6. The summed E-state index contributed by atoms with van der Waals surface area (Å²) in [5.41, 5.74) is 5.29. The molecule has 222 valence electrons. The van der Waals surface area contributed by atoms with Crippen molar-refractivity contribution in [2.24, 2.45) is 0 Å². The average Bonchev–Trinajstić information content (AvgIpc) is 2.97. The fraction of sp³-hybridized carbons (Fsp3) is 0.0667. The molecule has 0 aliphatic carbocycles. The minimum absolute atomic E-state index is 0.157. The van der Waals surface area contributed by atoms with Crippen LogP contribution in [0.5, 0.6) is 0 Å². The van der Waals surface area contributed by atoms with Crippen LogP contribution in [0.15, 0.2) is 97.1 Å². The highest BCUT2D eigenvalue weighted by molar-refractivity contribution is 6.18. The number of pyridine rings is 2. The van der Waals surface area contributed by atoms with Gasteiger partial charge >= 0.3 is 11.9 Å². The van der Waals surface area contributed by atoms with Gasteiger partial charge in [0.15, 0.2) is 0 Å². The van der Waals surface area contributed by atoms with Crippen LogP contribution >= 0.6 is 0 Å². The maximum Gasteiger partial charge on any atom is 0.370 e.